The molecule has 0 unspecified atom stereocenters. The van der Waals surface area contributed by atoms with Crippen LogP contribution in [-0.4, -0.2) is 107 Å². The number of halogens is 1. The van der Waals surface area contributed by atoms with E-state index < -0.39 is 21.7 Å². The number of fused-ring (bicyclic) bond motifs is 2. The number of phenols is 2. The molecule has 0 spiro atoms. The summed E-state index contributed by atoms with van der Waals surface area (Å²) in [6.07, 6.45) is 4.23. The second-order valence-electron chi connectivity index (χ2n) is 18.6. The zero-order valence-corrected chi connectivity index (χ0v) is 41.2. The van der Waals surface area contributed by atoms with Gasteiger partial charge in [-0.1, -0.05) is 86.6 Å². The van der Waals surface area contributed by atoms with E-state index in [1.54, 1.807) is 46.2 Å². The highest BCUT2D eigenvalue weighted by molar-refractivity contribution is 6.00. The van der Waals surface area contributed by atoms with E-state index in [0.717, 1.165) is 36.9 Å². The van der Waals surface area contributed by atoms with Gasteiger partial charge >= 0.3 is 0 Å². The monoisotopic (exact) mass is 1000 g/mol. The van der Waals surface area contributed by atoms with E-state index in [1.165, 1.54) is 0 Å². The Morgan fingerprint density at radius 1 is 0.583 bits per heavy atom. The van der Waals surface area contributed by atoms with Gasteiger partial charge in [0, 0.05) is 26.2 Å². The Labute approximate surface area is 422 Å². The number of phenolic OH excluding ortho intramolecular Hbond substituents is 2. The Bertz CT molecular complexity index is 3050. The predicted octanol–water partition coefficient (Wildman–Crippen LogP) is 6.56. The summed E-state index contributed by atoms with van der Waals surface area (Å²) in [4.78, 5) is 82.0. The number of carbonyl (C=O) groups is 2. The van der Waals surface area contributed by atoms with Crippen molar-refractivity contribution < 1.29 is 29.3 Å². The Morgan fingerprint density at radius 3 is 1.50 bits per heavy atom. The molecule has 1 saturated carbocycles. The minimum Gasteiger partial charge on any atom is -0.505 e. The third kappa shape index (κ3) is 10.1. The van der Waals surface area contributed by atoms with Gasteiger partial charge in [-0.05, 0) is 74.5 Å². The number of nitrogens with zero attached hydrogens (tertiary/aromatic N) is 3. The van der Waals surface area contributed by atoms with E-state index in [4.69, 9.17) is 9.47 Å². The molecule has 4 fully saturated rings. The molecule has 6 aromatic carbocycles. The molecule has 0 aromatic heterocycles. The quantitative estimate of drug-likeness (QED) is 0.0503. The molecule has 2 amide bonds. The number of likely N-dealkylation sites (tertiary alicyclic amines) is 1. The normalized spacial score (nSPS) is 20.3. The standard InChI is InChI=1S/C27H30N4O5.C27H29N3O5.ClH/c1-3-18(16-8-5-4-6-9-16)28-22-23(26(34)25(22)33)29-19-11-7-10-17(24(19)32)27(35)31-12-13-36-21-15-30(2)14-20(21)31;1-2-18(16-8-4-3-5-9-16)28-22-23(26(33)25(22)32)29-19-11-6-10-17(24(19)31)27(34)30-14-15-35-21-13-7-12-20(21)30;/h4-11,18,20-21,28-29,32H,3,12-15H2,1-2H3;3-6,8-11,18,20-21,28-29,31H,2,7,12-15H2,1H3;1H/t2*18-,20-,21-;/m11./s1. The molecule has 17 nitrogen and oxygen atoms in total. The number of anilines is 6. The highest BCUT2D eigenvalue weighted by Gasteiger charge is 2.42. The van der Waals surface area contributed by atoms with Crippen LogP contribution < -0.4 is 43.0 Å². The Kier molecular flexibility index (Phi) is 15.8. The third-order valence-electron chi connectivity index (χ3n) is 14.2. The van der Waals surface area contributed by atoms with E-state index >= 15 is 0 Å². The lowest BCUT2D eigenvalue weighted by Crippen LogP contribution is -2.53. The summed E-state index contributed by atoms with van der Waals surface area (Å²) in [7, 11) is 1.99. The van der Waals surface area contributed by atoms with Crippen LogP contribution in [0.3, 0.4) is 0 Å². The Balaban J connectivity index is 0.000000190. The SMILES string of the molecule is CC[C@@H](Nc1c(Nc2cccc(C(=O)N3CCO[C@@H]4CCC[C@H]43)c2O)c(=O)c1=O)c1ccccc1.CC[C@@H](Nc1c(Nc2cccc(C(=O)N3CCO[C@@H]4CN(C)C[C@H]43)c2O)c(=O)c1=O)c1ccccc1.Cl. The minimum absolute atomic E-state index is 0. The van der Waals surface area contributed by atoms with Crippen LogP contribution in [0.25, 0.3) is 0 Å². The summed E-state index contributed by atoms with van der Waals surface area (Å²) >= 11 is 0. The van der Waals surface area contributed by atoms with Crippen LogP contribution in [0, 0.1) is 0 Å². The van der Waals surface area contributed by atoms with E-state index in [9.17, 15) is 39.0 Å². The molecule has 6 atom stereocenters. The molecule has 4 aliphatic rings. The summed E-state index contributed by atoms with van der Waals surface area (Å²) < 4.78 is 11.6. The molecule has 378 valence electrons. The maximum absolute atomic E-state index is 13.4. The Hall–Kier alpha value is -7.05. The summed E-state index contributed by atoms with van der Waals surface area (Å²) in [5.74, 6) is -1.05. The number of nitrogens with one attached hydrogen (secondary N) is 4. The predicted molar refractivity (Wildman–Crippen MR) is 279 cm³/mol. The van der Waals surface area contributed by atoms with Crippen molar-refractivity contribution in [1.82, 2.24) is 14.7 Å². The number of hydrogen-bond acceptors (Lipinski definition) is 15. The van der Waals surface area contributed by atoms with E-state index in [2.05, 4.69) is 26.2 Å². The number of amides is 2. The highest BCUT2D eigenvalue weighted by Crippen LogP contribution is 2.38. The van der Waals surface area contributed by atoms with Gasteiger partial charge in [0.25, 0.3) is 33.5 Å². The van der Waals surface area contributed by atoms with Crippen molar-refractivity contribution >= 4 is 58.3 Å². The molecule has 18 heteroatoms. The Morgan fingerprint density at radius 2 is 1.03 bits per heavy atom. The zero-order chi connectivity index (χ0) is 49.9. The van der Waals surface area contributed by atoms with Crippen molar-refractivity contribution in [3.8, 4) is 11.5 Å². The highest BCUT2D eigenvalue weighted by atomic mass is 35.5. The van der Waals surface area contributed by atoms with E-state index in [0.29, 0.717) is 45.7 Å². The van der Waals surface area contributed by atoms with Gasteiger partial charge in [-0.3, -0.25) is 28.8 Å². The van der Waals surface area contributed by atoms with Gasteiger partial charge in [0.2, 0.25) is 0 Å². The fourth-order valence-corrected chi connectivity index (χ4v) is 10.4. The molecule has 72 heavy (non-hydrogen) atoms. The molecule has 6 N–H and O–H groups in total. The number of hydrogen-bond donors (Lipinski definition) is 6. The summed E-state index contributed by atoms with van der Waals surface area (Å²) in [5, 5.41) is 34.1. The summed E-state index contributed by atoms with van der Waals surface area (Å²) in [6, 6.07) is 28.6. The summed E-state index contributed by atoms with van der Waals surface area (Å²) in [5.41, 5.74) is 0.687. The van der Waals surface area contributed by atoms with Crippen molar-refractivity contribution in [3.05, 3.63) is 160 Å². The van der Waals surface area contributed by atoms with Gasteiger partial charge in [-0.15, -0.1) is 12.4 Å². The number of para-hydroxylation sites is 2. The van der Waals surface area contributed by atoms with Gasteiger partial charge in [0.1, 0.15) is 22.7 Å². The number of ether oxygens (including phenoxy) is 2. The van der Waals surface area contributed by atoms with Crippen LogP contribution >= 0.6 is 12.4 Å². The van der Waals surface area contributed by atoms with Crippen LogP contribution in [0.15, 0.2) is 116 Å². The average molecular weight is 1000 g/mol. The molecule has 3 heterocycles. The van der Waals surface area contributed by atoms with E-state index in [1.807, 2.05) is 81.6 Å². The molecule has 3 aliphatic heterocycles. The fourth-order valence-electron chi connectivity index (χ4n) is 10.4. The van der Waals surface area contributed by atoms with Crippen LogP contribution in [0.5, 0.6) is 11.5 Å². The topological polar surface area (TPSA) is 219 Å². The zero-order valence-electron chi connectivity index (χ0n) is 40.4. The molecule has 3 saturated heterocycles. The number of morpholine rings is 2. The number of rotatable bonds is 14. The van der Waals surface area contributed by atoms with Gasteiger partial charge < -0.3 is 55.7 Å². The molecule has 10 rings (SSSR count). The first kappa shape index (κ1) is 51.3. The average Bonchev–Trinajstić information content (AvgIpc) is 4.05. The van der Waals surface area contributed by atoms with Gasteiger partial charge in [0.15, 0.2) is 11.5 Å². The molecule has 0 radical (unpaired) electrons. The first-order chi connectivity index (χ1) is 34.4. The maximum atomic E-state index is 13.4. The van der Waals surface area contributed by atoms with Crippen molar-refractivity contribution in [2.75, 3.05) is 67.7 Å². The van der Waals surface area contributed by atoms with Crippen molar-refractivity contribution in [3.63, 3.8) is 0 Å². The van der Waals surface area contributed by atoms with Gasteiger partial charge in [0.05, 0.1) is 72.1 Å². The lowest BCUT2D eigenvalue weighted by atomic mass is 10.0. The number of carbonyl (C=O) groups excluding carboxylic acids is 2. The first-order valence-corrected chi connectivity index (χ1v) is 24.4. The maximum Gasteiger partial charge on any atom is 0.258 e. The largest absolute Gasteiger partial charge is 0.505 e. The van der Waals surface area contributed by atoms with Crippen molar-refractivity contribution in [2.45, 2.75) is 82.3 Å². The molecular weight excluding hydrogens is 942 g/mol. The van der Waals surface area contributed by atoms with Crippen LogP contribution in [0.4, 0.5) is 34.1 Å². The fraction of sp³-hybridized carbons (Fsp3) is 0.370. The van der Waals surface area contributed by atoms with Crippen LogP contribution in [0.2, 0.25) is 0 Å². The van der Waals surface area contributed by atoms with Crippen LogP contribution in [-0.2, 0) is 9.47 Å². The van der Waals surface area contributed by atoms with Crippen LogP contribution in [0.1, 0.15) is 89.9 Å². The summed E-state index contributed by atoms with van der Waals surface area (Å²) in [6.45, 7) is 7.27. The van der Waals surface area contributed by atoms with Crippen molar-refractivity contribution in [1.29, 1.82) is 0 Å². The number of likely N-dealkylation sites (N-methyl/N-ethyl adjacent to an activating group) is 1. The second kappa shape index (κ2) is 22.2. The first-order valence-electron chi connectivity index (χ1n) is 24.4. The molecule has 1 aliphatic carbocycles. The molecule has 0 bridgehead atoms. The second-order valence-corrected chi connectivity index (χ2v) is 18.6. The van der Waals surface area contributed by atoms with Crippen molar-refractivity contribution in [2.24, 2.45) is 0 Å². The van der Waals surface area contributed by atoms with E-state index in [-0.39, 0.29) is 117 Å². The lowest BCUT2D eigenvalue weighted by molar-refractivity contribution is -0.0446. The molecule has 6 aromatic rings. The van der Waals surface area contributed by atoms with Gasteiger partial charge in [-0.25, -0.2) is 0 Å². The number of aromatic hydroxyl groups is 2. The lowest BCUT2D eigenvalue weighted by Gasteiger charge is -2.37. The van der Waals surface area contributed by atoms with Gasteiger partial charge in [-0.2, -0.15) is 0 Å². The smallest absolute Gasteiger partial charge is 0.258 e. The number of benzene rings is 4. The third-order valence-corrected chi connectivity index (χ3v) is 14.2. The molecular formula is C54H60ClN7O10. The minimum atomic E-state index is -0.665.